The van der Waals surface area contributed by atoms with Gasteiger partial charge in [0.15, 0.2) is 23.2 Å². The molecule has 9 heteroatoms. The van der Waals surface area contributed by atoms with Gasteiger partial charge >= 0.3 is 5.97 Å². The van der Waals surface area contributed by atoms with Crippen molar-refractivity contribution in [2.45, 2.75) is 6.92 Å². The van der Waals surface area contributed by atoms with Gasteiger partial charge in [-0.2, -0.15) is 4.99 Å². The number of hydrogen-bond acceptors (Lipinski definition) is 6. The van der Waals surface area contributed by atoms with Crippen molar-refractivity contribution >= 4 is 41.2 Å². The Hall–Kier alpha value is -3.91. The first kappa shape index (κ1) is 20.4. The van der Waals surface area contributed by atoms with E-state index in [0.29, 0.717) is 16.9 Å². The number of fused-ring (bicyclic) bond motifs is 1. The van der Waals surface area contributed by atoms with E-state index in [9.17, 15) is 9.59 Å². The second-order valence-electron chi connectivity index (χ2n) is 6.61. The second-order valence-corrected chi connectivity index (χ2v) is 7.02. The molecule has 1 N–H and O–H groups in total. The molecule has 0 spiro atoms. The number of benzene rings is 2. The van der Waals surface area contributed by atoms with Crippen LogP contribution >= 0.6 is 11.6 Å². The standard InChI is InChI=1S/C22H16ClN3O5/c1-12-8-18-25-21(27)15(20(24)26(18)31-12)9-13-10-16(23)19(17(11-13)29-2)30-22(28)14-6-4-3-5-7-14/h3-11,24H,1-2H3/b15-9+,24-20?. The molecule has 0 aliphatic carbocycles. The summed E-state index contributed by atoms with van der Waals surface area (Å²) in [7, 11) is 1.40. The summed E-state index contributed by atoms with van der Waals surface area (Å²) in [6.45, 7) is 1.70. The number of nitrogens with zero attached hydrogens (tertiary/aromatic N) is 2. The summed E-state index contributed by atoms with van der Waals surface area (Å²) < 4.78 is 10.8. The summed E-state index contributed by atoms with van der Waals surface area (Å²) in [5, 5.41) is 9.55. The molecule has 0 atom stereocenters. The molecule has 2 heterocycles. The zero-order valence-corrected chi connectivity index (χ0v) is 17.3. The van der Waals surface area contributed by atoms with Crippen LogP contribution in [0.1, 0.15) is 22.8 Å². The van der Waals surface area contributed by atoms with Crippen LogP contribution in [0.5, 0.6) is 11.5 Å². The summed E-state index contributed by atoms with van der Waals surface area (Å²) in [5.74, 6) is -0.314. The highest BCUT2D eigenvalue weighted by Crippen LogP contribution is 2.38. The third kappa shape index (κ3) is 3.93. The molecule has 0 fully saturated rings. The maximum atomic E-state index is 12.4. The van der Waals surface area contributed by atoms with Crippen LogP contribution in [-0.4, -0.2) is 35.7 Å². The SMILES string of the molecule is COc1cc(/C=C2\C(=N)N3OC(C)=CC3=NC2=O)cc(Cl)c1OC(=O)c1ccccc1. The van der Waals surface area contributed by atoms with E-state index in [1.165, 1.54) is 19.3 Å². The van der Waals surface area contributed by atoms with Crippen molar-refractivity contribution in [3.63, 3.8) is 0 Å². The molecule has 8 nitrogen and oxygen atoms in total. The highest BCUT2D eigenvalue weighted by molar-refractivity contribution is 6.34. The fourth-order valence-electron chi connectivity index (χ4n) is 3.02. The number of amidine groups is 2. The van der Waals surface area contributed by atoms with Crippen LogP contribution in [0, 0.1) is 5.41 Å². The van der Waals surface area contributed by atoms with Crippen LogP contribution in [0.2, 0.25) is 5.02 Å². The summed E-state index contributed by atoms with van der Waals surface area (Å²) in [4.78, 5) is 34.2. The third-order valence-corrected chi connectivity index (χ3v) is 4.73. The van der Waals surface area contributed by atoms with E-state index in [0.717, 1.165) is 5.06 Å². The summed E-state index contributed by atoms with van der Waals surface area (Å²) in [5.41, 5.74) is 0.826. The summed E-state index contributed by atoms with van der Waals surface area (Å²) >= 11 is 6.35. The molecule has 0 unspecified atom stereocenters. The number of allylic oxidation sites excluding steroid dienone is 1. The van der Waals surface area contributed by atoms with E-state index in [4.69, 9.17) is 31.3 Å². The van der Waals surface area contributed by atoms with Gasteiger partial charge in [-0.25, -0.2) is 4.79 Å². The lowest BCUT2D eigenvalue weighted by atomic mass is 10.1. The van der Waals surface area contributed by atoms with Crippen molar-refractivity contribution in [3.8, 4) is 11.5 Å². The van der Waals surface area contributed by atoms with Crippen LogP contribution < -0.4 is 9.47 Å². The first-order valence-electron chi connectivity index (χ1n) is 9.12. The number of methoxy groups -OCH3 is 1. The number of hydrogen-bond donors (Lipinski definition) is 1. The van der Waals surface area contributed by atoms with E-state index in [2.05, 4.69) is 4.99 Å². The van der Waals surface area contributed by atoms with Crippen molar-refractivity contribution in [2.24, 2.45) is 4.99 Å². The second kappa shape index (κ2) is 8.08. The Kier molecular flexibility index (Phi) is 5.31. The van der Waals surface area contributed by atoms with Gasteiger partial charge < -0.3 is 14.3 Å². The molecule has 0 saturated heterocycles. The number of nitrogens with one attached hydrogen (secondary N) is 1. The van der Waals surface area contributed by atoms with E-state index in [1.54, 1.807) is 49.4 Å². The monoisotopic (exact) mass is 437 g/mol. The van der Waals surface area contributed by atoms with Gasteiger partial charge in [-0.3, -0.25) is 10.2 Å². The molecule has 4 rings (SSSR count). The molecule has 0 radical (unpaired) electrons. The number of carbonyl (C=O) groups excluding carboxylic acids is 2. The predicted molar refractivity (Wildman–Crippen MR) is 114 cm³/mol. The average Bonchev–Trinajstić information content (AvgIpc) is 3.13. The topological polar surface area (TPSA) is 101 Å². The molecule has 0 aromatic heterocycles. The van der Waals surface area contributed by atoms with Crippen molar-refractivity contribution in [3.05, 3.63) is 76.0 Å². The third-order valence-electron chi connectivity index (χ3n) is 4.45. The first-order valence-corrected chi connectivity index (χ1v) is 9.50. The number of esters is 1. The molecular weight excluding hydrogens is 422 g/mol. The van der Waals surface area contributed by atoms with Crippen molar-refractivity contribution in [1.82, 2.24) is 5.06 Å². The van der Waals surface area contributed by atoms with Crippen LogP contribution in [0.15, 0.2) is 64.9 Å². The highest BCUT2D eigenvalue weighted by atomic mass is 35.5. The van der Waals surface area contributed by atoms with Crippen LogP contribution in [0.25, 0.3) is 6.08 Å². The lowest BCUT2D eigenvalue weighted by Crippen LogP contribution is -2.38. The van der Waals surface area contributed by atoms with Crippen LogP contribution in [0.3, 0.4) is 0 Å². The number of rotatable bonds is 4. The van der Waals surface area contributed by atoms with Gasteiger partial charge in [0.05, 0.1) is 23.3 Å². The zero-order valence-electron chi connectivity index (χ0n) is 16.5. The maximum Gasteiger partial charge on any atom is 0.343 e. The van der Waals surface area contributed by atoms with Gasteiger partial charge in [-0.05, 0) is 42.8 Å². The number of carbonyl (C=O) groups is 2. The molecule has 0 bridgehead atoms. The fraction of sp³-hybridized carbons (Fsp3) is 0.0909. The van der Waals surface area contributed by atoms with Gasteiger partial charge in [-0.15, -0.1) is 5.06 Å². The molecule has 2 aromatic rings. The molecular formula is C22H16ClN3O5. The zero-order chi connectivity index (χ0) is 22.1. The van der Waals surface area contributed by atoms with E-state index >= 15 is 0 Å². The number of aliphatic imine (C=N–C) groups is 1. The minimum Gasteiger partial charge on any atom is -0.493 e. The molecule has 2 aliphatic rings. The van der Waals surface area contributed by atoms with Crippen LogP contribution in [0.4, 0.5) is 0 Å². The summed E-state index contributed by atoms with van der Waals surface area (Å²) in [6, 6.07) is 11.5. The molecule has 2 aromatic carbocycles. The average molecular weight is 438 g/mol. The van der Waals surface area contributed by atoms with Crippen molar-refractivity contribution < 1.29 is 23.9 Å². The van der Waals surface area contributed by atoms with Crippen LogP contribution in [-0.2, 0) is 9.63 Å². The van der Waals surface area contributed by atoms with Gasteiger partial charge in [0.1, 0.15) is 5.76 Å². The molecule has 0 saturated carbocycles. The maximum absolute atomic E-state index is 12.4. The molecule has 2 aliphatic heterocycles. The largest absolute Gasteiger partial charge is 0.493 e. The lowest BCUT2D eigenvalue weighted by Gasteiger charge is -2.23. The van der Waals surface area contributed by atoms with Crippen molar-refractivity contribution in [2.75, 3.05) is 7.11 Å². The Labute approximate surface area is 182 Å². The minimum atomic E-state index is -0.591. The Bertz CT molecular complexity index is 1200. The Morgan fingerprint density at radius 2 is 2.00 bits per heavy atom. The van der Waals surface area contributed by atoms with E-state index in [-0.39, 0.29) is 33.8 Å². The van der Waals surface area contributed by atoms with Crippen molar-refractivity contribution in [1.29, 1.82) is 5.41 Å². The lowest BCUT2D eigenvalue weighted by molar-refractivity contribution is -0.114. The smallest absolute Gasteiger partial charge is 0.343 e. The van der Waals surface area contributed by atoms with Gasteiger partial charge in [0.2, 0.25) is 0 Å². The van der Waals surface area contributed by atoms with Gasteiger partial charge in [0.25, 0.3) is 5.91 Å². The highest BCUT2D eigenvalue weighted by Gasteiger charge is 2.34. The Balaban J connectivity index is 1.65. The van der Waals surface area contributed by atoms with Gasteiger partial charge in [0, 0.05) is 6.08 Å². The van der Waals surface area contributed by atoms with Gasteiger partial charge in [-0.1, -0.05) is 29.8 Å². The number of amides is 1. The molecule has 31 heavy (non-hydrogen) atoms. The fourth-order valence-corrected chi connectivity index (χ4v) is 3.27. The first-order chi connectivity index (χ1) is 14.9. The minimum absolute atomic E-state index is 0.0130. The Morgan fingerprint density at radius 1 is 1.26 bits per heavy atom. The Morgan fingerprint density at radius 3 is 2.71 bits per heavy atom. The van der Waals surface area contributed by atoms with E-state index < -0.39 is 11.9 Å². The molecule has 156 valence electrons. The number of hydroxylamine groups is 2. The predicted octanol–water partition coefficient (Wildman–Crippen LogP) is 4.02. The normalized spacial score (nSPS) is 16.5. The number of halogens is 1. The molecule has 1 amide bonds. The quantitative estimate of drug-likeness (QED) is 0.440. The number of ether oxygens (including phenoxy) is 2. The van der Waals surface area contributed by atoms with E-state index in [1.807, 2.05) is 0 Å². The summed E-state index contributed by atoms with van der Waals surface area (Å²) in [6.07, 6.45) is 3.01.